The number of hydrogen-bond donors (Lipinski definition) is 1. The molecule has 0 atom stereocenters. The quantitative estimate of drug-likeness (QED) is 0.401. The average molecular weight is 508 g/mol. The number of carboxylic acids is 1. The molecule has 0 saturated heterocycles. The lowest BCUT2D eigenvalue weighted by molar-refractivity contribution is -0.137. The number of rotatable bonds is 5. The number of aromatic carboxylic acids is 1. The second kappa shape index (κ2) is 8.58. The Balaban J connectivity index is 1.96. The minimum atomic E-state index is -4.75. The molecule has 4 aromatic rings. The Hall–Kier alpha value is -3.70. The van der Waals surface area contributed by atoms with Crippen molar-refractivity contribution in [2.45, 2.75) is 16.1 Å². The molecule has 0 saturated carbocycles. The Morgan fingerprint density at radius 2 is 1.65 bits per heavy atom. The van der Waals surface area contributed by atoms with Crippen LogP contribution in [0.1, 0.15) is 15.9 Å². The zero-order valence-electron chi connectivity index (χ0n) is 16.9. The molecule has 0 unspecified atom stereocenters. The summed E-state index contributed by atoms with van der Waals surface area (Å²) >= 11 is 5.94. The van der Waals surface area contributed by atoms with Crippen LogP contribution in [-0.2, 0) is 16.0 Å². The van der Waals surface area contributed by atoms with Crippen molar-refractivity contribution in [2.75, 3.05) is 0 Å². The Morgan fingerprint density at radius 1 is 0.971 bits per heavy atom. The molecule has 4 rings (SSSR count). The van der Waals surface area contributed by atoms with E-state index in [2.05, 4.69) is 10.3 Å². The van der Waals surface area contributed by atoms with Crippen LogP contribution in [0, 0.1) is 0 Å². The van der Waals surface area contributed by atoms with Crippen molar-refractivity contribution in [3.05, 3.63) is 88.9 Å². The van der Waals surface area contributed by atoms with Gasteiger partial charge in [-0.25, -0.2) is 17.9 Å². The molecule has 0 fully saturated rings. The Labute approximate surface area is 196 Å². The normalized spacial score (nSPS) is 12.0. The van der Waals surface area contributed by atoms with Crippen molar-refractivity contribution < 1.29 is 31.5 Å². The Bertz CT molecular complexity index is 1500. The highest BCUT2D eigenvalue weighted by molar-refractivity contribution is 7.91. The first-order valence-corrected chi connectivity index (χ1v) is 11.3. The highest BCUT2D eigenvalue weighted by Gasteiger charge is 2.34. The maximum absolute atomic E-state index is 13.4. The van der Waals surface area contributed by atoms with Crippen LogP contribution in [0.25, 0.3) is 16.9 Å². The summed E-state index contributed by atoms with van der Waals surface area (Å²) < 4.78 is 67.4. The minimum absolute atomic E-state index is 0.0726. The molecule has 7 nitrogen and oxygen atoms in total. The minimum Gasteiger partial charge on any atom is -0.478 e. The summed E-state index contributed by atoms with van der Waals surface area (Å²) in [6.07, 6.45) is -4.75. The molecule has 0 bridgehead atoms. The number of aromatic nitrogens is 3. The van der Waals surface area contributed by atoms with Crippen LogP contribution in [0.2, 0.25) is 5.02 Å². The number of hydrogen-bond acceptors (Lipinski definition) is 5. The fraction of sp³-hybridized carbons (Fsp3) is 0.0455. The molecule has 1 aromatic heterocycles. The van der Waals surface area contributed by atoms with Gasteiger partial charge in [0.1, 0.15) is 5.69 Å². The first-order valence-electron chi connectivity index (χ1n) is 9.46. The van der Waals surface area contributed by atoms with Crippen LogP contribution >= 0.6 is 11.6 Å². The van der Waals surface area contributed by atoms with Gasteiger partial charge in [-0.3, -0.25) is 0 Å². The SMILES string of the molecule is O=C(O)c1cccc(-n2nnc(S(=O)(=O)c3cccc(C(F)(F)F)c3)c2-c2ccc(Cl)cc2)c1. The zero-order valence-corrected chi connectivity index (χ0v) is 18.4. The van der Waals surface area contributed by atoms with Crippen LogP contribution in [0.4, 0.5) is 13.2 Å². The molecular formula is C22H13ClF3N3O4S. The largest absolute Gasteiger partial charge is 0.478 e. The van der Waals surface area contributed by atoms with Gasteiger partial charge in [-0.1, -0.05) is 41.1 Å². The van der Waals surface area contributed by atoms with E-state index in [0.29, 0.717) is 16.7 Å². The molecular weight excluding hydrogens is 495 g/mol. The van der Waals surface area contributed by atoms with E-state index in [4.69, 9.17) is 11.6 Å². The highest BCUT2D eigenvalue weighted by Crippen LogP contribution is 2.35. The van der Waals surface area contributed by atoms with E-state index in [0.717, 1.165) is 22.9 Å². The van der Waals surface area contributed by atoms with Gasteiger partial charge in [0.25, 0.3) is 0 Å². The van der Waals surface area contributed by atoms with Gasteiger partial charge in [-0.05, 0) is 48.5 Å². The van der Waals surface area contributed by atoms with Gasteiger partial charge in [0.15, 0.2) is 0 Å². The molecule has 0 aliphatic heterocycles. The molecule has 0 spiro atoms. The van der Waals surface area contributed by atoms with E-state index < -0.39 is 37.5 Å². The first-order chi connectivity index (χ1) is 16.0. The molecule has 1 heterocycles. The van der Waals surface area contributed by atoms with Crippen molar-refractivity contribution in [1.29, 1.82) is 0 Å². The molecule has 0 aliphatic rings. The average Bonchev–Trinajstić information content (AvgIpc) is 3.25. The number of halogens is 4. The summed E-state index contributed by atoms with van der Waals surface area (Å²) in [6.45, 7) is 0. The Morgan fingerprint density at radius 3 is 2.29 bits per heavy atom. The Kier molecular flexibility index (Phi) is 5.92. The number of nitrogens with zero attached hydrogens (tertiary/aromatic N) is 3. The summed E-state index contributed by atoms with van der Waals surface area (Å²) in [4.78, 5) is 10.8. The molecule has 0 aliphatic carbocycles. The van der Waals surface area contributed by atoms with Crippen LogP contribution in [-0.4, -0.2) is 34.5 Å². The maximum Gasteiger partial charge on any atom is 0.416 e. The van der Waals surface area contributed by atoms with E-state index in [1.807, 2.05) is 0 Å². The van der Waals surface area contributed by atoms with Crippen LogP contribution in [0.15, 0.2) is 82.7 Å². The third-order valence-electron chi connectivity index (χ3n) is 4.82. The number of alkyl halides is 3. The van der Waals surface area contributed by atoms with E-state index in [1.54, 1.807) is 0 Å². The zero-order chi connectivity index (χ0) is 24.7. The fourth-order valence-electron chi connectivity index (χ4n) is 3.21. The highest BCUT2D eigenvalue weighted by atomic mass is 35.5. The van der Waals surface area contributed by atoms with Gasteiger partial charge in [0, 0.05) is 10.6 Å². The summed E-state index contributed by atoms with van der Waals surface area (Å²) in [6, 6.07) is 14.8. The summed E-state index contributed by atoms with van der Waals surface area (Å²) in [7, 11) is -4.57. The predicted molar refractivity (Wildman–Crippen MR) is 116 cm³/mol. The van der Waals surface area contributed by atoms with Gasteiger partial charge in [0.05, 0.1) is 21.7 Å². The van der Waals surface area contributed by atoms with Crippen molar-refractivity contribution >= 4 is 27.4 Å². The van der Waals surface area contributed by atoms with E-state index in [9.17, 15) is 31.5 Å². The molecule has 1 N–H and O–H groups in total. The summed E-state index contributed by atoms with van der Waals surface area (Å²) in [5, 5.41) is 16.7. The lowest BCUT2D eigenvalue weighted by Gasteiger charge is -2.11. The molecule has 12 heteroatoms. The second-order valence-corrected chi connectivity index (χ2v) is 9.35. The molecule has 0 amide bonds. The molecule has 0 radical (unpaired) electrons. The first kappa shape index (κ1) is 23.5. The van der Waals surface area contributed by atoms with E-state index in [1.165, 1.54) is 48.5 Å². The second-order valence-electron chi connectivity index (χ2n) is 7.05. The molecule has 34 heavy (non-hydrogen) atoms. The van der Waals surface area contributed by atoms with Gasteiger partial charge in [0.2, 0.25) is 14.9 Å². The number of benzene rings is 3. The number of carboxylic acid groups (broad SMARTS) is 1. The third-order valence-corrected chi connectivity index (χ3v) is 6.73. The van der Waals surface area contributed by atoms with E-state index in [-0.39, 0.29) is 16.9 Å². The monoisotopic (exact) mass is 507 g/mol. The summed E-state index contributed by atoms with van der Waals surface area (Å²) in [5.74, 6) is -1.22. The van der Waals surface area contributed by atoms with Crippen LogP contribution in [0.3, 0.4) is 0 Å². The molecule has 3 aromatic carbocycles. The number of carbonyl (C=O) groups is 1. The molecule has 174 valence electrons. The van der Waals surface area contributed by atoms with E-state index >= 15 is 0 Å². The van der Waals surface area contributed by atoms with Crippen molar-refractivity contribution in [3.8, 4) is 16.9 Å². The van der Waals surface area contributed by atoms with Gasteiger partial charge in [-0.2, -0.15) is 13.2 Å². The third kappa shape index (κ3) is 4.39. The predicted octanol–water partition coefficient (Wildman–Crippen LogP) is 5.14. The lowest BCUT2D eigenvalue weighted by atomic mass is 10.1. The van der Waals surface area contributed by atoms with Gasteiger partial charge >= 0.3 is 12.1 Å². The summed E-state index contributed by atoms with van der Waals surface area (Å²) in [5.41, 5.74) is -0.819. The lowest BCUT2D eigenvalue weighted by Crippen LogP contribution is -2.09. The van der Waals surface area contributed by atoms with Crippen LogP contribution < -0.4 is 0 Å². The number of sulfone groups is 1. The smallest absolute Gasteiger partial charge is 0.416 e. The van der Waals surface area contributed by atoms with Crippen molar-refractivity contribution in [1.82, 2.24) is 15.0 Å². The fourth-order valence-corrected chi connectivity index (χ4v) is 4.70. The maximum atomic E-state index is 13.4. The van der Waals surface area contributed by atoms with Crippen molar-refractivity contribution in [3.63, 3.8) is 0 Å². The van der Waals surface area contributed by atoms with Gasteiger partial charge < -0.3 is 5.11 Å². The van der Waals surface area contributed by atoms with Crippen molar-refractivity contribution in [2.24, 2.45) is 0 Å². The topological polar surface area (TPSA) is 102 Å². The van der Waals surface area contributed by atoms with Crippen LogP contribution in [0.5, 0.6) is 0 Å². The standard InChI is InChI=1S/C22H13ClF3N3O4S/c23-16-9-7-13(8-10-16)19-20(27-28-29(19)17-5-1-3-14(11-17)21(30)31)34(32,33)18-6-2-4-15(12-18)22(24,25)26/h1-12H,(H,30,31). The van der Waals surface area contributed by atoms with Gasteiger partial charge in [-0.15, -0.1) is 5.10 Å².